The van der Waals surface area contributed by atoms with E-state index in [1.807, 2.05) is 38.1 Å². The Morgan fingerprint density at radius 3 is 2.40 bits per heavy atom. The summed E-state index contributed by atoms with van der Waals surface area (Å²) >= 11 is 1.53. The summed E-state index contributed by atoms with van der Waals surface area (Å²) in [6.07, 6.45) is 1.20. The zero-order valence-electron chi connectivity index (χ0n) is 8.77. The van der Waals surface area contributed by atoms with E-state index in [9.17, 15) is 5.11 Å². The van der Waals surface area contributed by atoms with Gasteiger partial charge in [-0.15, -0.1) is 11.3 Å². The molecule has 78 valence electrons. The molecule has 0 fully saturated rings. The minimum atomic E-state index is -0.545. The van der Waals surface area contributed by atoms with Crippen LogP contribution in [0.5, 0.6) is 0 Å². The van der Waals surface area contributed by atoms with Crippen molar-refractivity contribution < 1.29 is 5.11 Å². The summed E-state index contributed by atoms with van der Waals surface area (Å²) in [6.45, 7) is 3.98. The van der Waals surface area contributed by atoms with Gasteiger partial charge in [-0.2, -0.15) is 0 Å². The van der Waals surface area contributed by atoms with E-state index in [4.69, 9.17) is 0 Å². The number of benzene rings is 1. The maximum Gasteiger partial charge on any atom is 0.115 e. The Kier molecular flexibility index (Phi) is 2.84. The zero-order valence-corrected chi connectivity index (χ0v) is 9.58. The Balaban J connectivity index is 2.28. The number of hydrogen-bond donors (Lipinski definition) is 1. The average molecular weight is 219 g/mol. The molecule has 1 heterocycles. The fraction of sp³-hybridized carbons (Fsp3) is 0.250. The van der Waals surface area contributed by atoms with Crippen molar-refractivity contribution in [3.8, 4) is 0 Å². The van der Waals surface area contributed by atoms with Crippen molar-refractivity contribution in [1.29, 1.82) is 0 Å². The molecule has 15 heavy (non-hydrogen) atoms. The lowest BCUT2D eigenvalue weighted by atomic mass is 10.1. The van der Waals surface area contributed by atoms with Crippen molar-refractivity contribution >= 4 is 11.3 Å². The zero-order chi connectivity index (χ0) is 10.8. The Labute approximate surface area is 93.2 Å². The summed E-state index contributed by atoms with van der Waals surface area (Å²) < 4.78 is 0. The highest BCUT2D eigenvalue weighted by Gasteiger charge is 2.12. The summed E-state index contributed by atoms with van der Waals surface area (Å²) in [4.78, 5) is 5.04. The highest BCUT2D eigenvalue weighted by Crippen LogP contribution is 2.26. The van der Waals surface area contributed by atoms with Crippen LogP contribution in [0, 0.1) is 13.8 Å². The number of rotatable bonds is 2. The quantitative estimate of drug-likeness (QED) is 0.842. The molecule has 2 rings (SSSR count). The van der Waals surface area contributed by atoms with Gasteiger partial charge in [-0.05, 0) is 19.4 Å². The first kappa shape index (κ1) is 10.3. The Morgan fingerprint density at radius 2 is 1.87 bits per heavy atom. The predicted octanol–water partition coefficient (Wildman–Crippen LogP) is 2.84. The highest BCUT2D eigenvalue weighted by molar-refractivity contribution is 7.11. The van der Waals surface area contributed by atoms with Gasteiger partial charge in [-0.1, -0.05) is 29.8 Å². The molecule has 1 aromatic carbocycles. The van der Waals surface area contributed by atoms with Gasteiger partial charge >= 0.3 is 0 Å². The Hall–Kier alpha value is -1.19. The number of aliphatic hydroxyl groups is 1. The molecule has 0 saturated heterocycles. The minimum Gasteiger partial charge on any atom is -0.383 e. The molecule has 0 saturated carbocycles. The monoisotopic (exact) mass is 219 g/mol. The maximum atomic E-state index is 10.1. The van der Waals surface area contributed by atoms with Gasteiger partial charge in [0.2, 0.25) is 0 Å². The summed E-state index contributed by atoms with van der Waals surface area (Å²) in [5.41, 5.74) is 2.12. The molecular weight excluding hydrogens is 206 g/mol. The Morgan fingerprint density at radius 1 is 1.20 bits per heavy atom. The lowest BCUT2D eigenvalue weighted by Gasteiger charge is -2.08. The molecule has 0 radical (unpaired) electrons. The first-order valence-corrected chi connectivity index (χ1v) is 5.65. The SMILES string of the molecule is Cc1ccc(C(O)c2cnc(C)s2)cc1. The van der Waals surface area contributed by atoms with E-state index < -0.39 is 6.10 Å². The van der Waals surface area contributed by atoms with E-state index in [1.54, 1.807) is 6.20 Å². The molecular formula is C12H13NOS. The number of nitrogens with zero attached hydrogens (tertiary/aromatic N) is 1. The molecule has 0 aliphatic heterocycles. The van der Waals surface area contributed by atoms with E-state index in [2.05, 4.69) is 4.98 Å². The lowest BCUT2D eigenvalue weighted by Crippen LogP contribution is -1.96. The summed E-state index contributed by atoms with van der Waals surface area (Å²) in [5, 5.41) is 11.0. The average Bonchev–Trinajstić information content (AvgIpc) is 2.65. The number of aryl methyl sites for hydroxylation is 2. The summed E-state index contributed by atoms with van der Waals surface area (Å²) in [5.74, 6) is 0. The summed E-state index contributed by atoms with van der Waals surface area (Å²) in [7, 11) is 0. The lowest BCUT2D eigenvalue weighted by molar-refractivity contribution is 0.224. The molecule has 0 aliphatic rings. The predicted molar refractivity (Wildman–Crippen MR) is 62.1 cm³/mol. The van der Waals surface area contributed by atoms with E-state index in [0.29, 0.717) is 0 Å². The van der Waals surface area contributed by atoms with E-state index in [1.165, 1.54) is 16.9 Å². The number of thiazole rings is 1. The van der Waals surface area contributed by atoms with Crippen molar-refractivity contribution in [2.45, 2.75) is 20.0 Å². The van der Waals surface area contributed by atoms with Crippen molar-refractivity contribution in [1.82, 2.24) is 4.98 Å². The molecule has 1 N–H and O–H groups in total. The largest absolute Gasteiger partial charge is 0.383 e. The third-order valence-corrected chi connectivity index (χ3v) is 3.27. The van der Waals surface area contributed by atoms with Crippen LogP contribution >= 0.6 is 11.3 Å². The van der Waals surface area contributed by atoms with Crippen molar-refractivity contribution in [3.05, 3.63) is 51.5 Å². The molecule has 0 aliphatic carbocycles. The third-order valence-electron chi connectivity index (χ3n) is 2.30. The van der Waals surface area contributed by atoms with Gasteiger partial charge in [0.1, 0.15) is 6.10 Å². The normalized spacial score (nSPS) is 12.7. The van der Waals surface area contributed by atoms with Gasteiger partial charge in [0, 0.05) is 6.20 Å². The van der Waals surface area contributed by atoms with Crippen LogP contribution in [0.1, 0.15) is 27.1 Å². The molecule has 2 aromatic rings. The van der Waals surface area contributed by atoms with Gasteiger partial charge in [0.15, 0.2) is 0 Å². The second kappa shape index (κ2) is 4.13. The second-order valence-corrected chi connectivity index (χ2v) is 4.86. The number of aromatic nitrogens is 1. The van der Waals surface area contributed by atoms with Crippen molar-refractivity contribution in [2.75, 3.05) is 0 Å². The van der Waals surface area contributed by atoms with Gasteiger partial charge < -0.3 is 5.11 Å². The molecule has 2 nitrogen and oxygen atoms in total. The maximum absolute atomic E-state index is 10.1. The van der Waals surface area contributed by atoms with Gasteiger partial charge in [0.05, 0.1) is 9.88 Å². The van der Waals surface area contributed by atoms with Crippen LogP contribution in [0.25, 0.3) is 0 Å². The van der Waals surface area contributed by atoms with Crippen LogP contribution in [0.2, 0.25) is 0 Å². The molecule has 1 atom stereocenters. The smallest absolute Gasteiger partial charge is 0.115 e. The Bertz CT molecular complexity index is 447. The van der Waals surface area contributed by atoms with E-state index in [0.717, 1.165) is 15.4 Å². The topological polar surface area (TPSA) is 33.1 Å². The fourth-order valence-electron chi connectivity index (χ4n) is 1.42. The molecule has 0 bridgehead atoms. The van der Waals surface area contributed by atoms with Crippen LogP contribution in [0.3, 0.4) is 0 Å². The molecule has 0 amide bonds. The van der Waals surface area contributed by atoms with Crippen LogP contribution in [0.4, 0.5) is 0 Å². The molecule has 1 unspecified atom stereocenters. The minimum absolute atomic E-state index is 0.545. The van der Waals surface area contributed by atoms with Gasteiger partial charge in [-0.3, -0.25) is 0 Å². The van der Waals surface area contributed by atoms with Crippen LogP contribution in [-0.2, 0) is 0 Å². The number of aliphatic hydroxyl groups excluding tert-OH is 1. The number of hydrogen-bond acceptors (Lipinski definition) is 3. The standard InChI is InChI=1S/C12H13NOS/c1-8-3-5-10(6-4-8)12(14)11-7-13-9(2)15-11/h3-7,12,14H,1-2H3. The molecule has 1 aromatic heterocycles. The highest BCUT2D eigenvalue weighted by atomic mass is 32.1. The van der Waals surface area contributed by atoms with Crippen LogP contribution in [0.15, 0.2) is 30.5 Å². The van der Waals surface area contributed by atoms with Crippen molar-refractivity contribution in [3.63, 3.8) is 0 Å². The molecule has 3 heteroatoms. The third kappa shape index (κ3) is 2.25. The fourth-order valence-corrected chi connectivity index (χ4v) is 2.22. The second-order valence-electron chi connectivity index (χ2n) is 3.59. The van der Waals surface area contributed by atoms with E-state index in [-0.39, 0.29) is 0 Å². The summed E-state index contributed by atoms with van der Waals surface area (Å²) in [6, 6.07) is 7.92. The van der Waals surface area contributed by atoms with Crippen LogP contribution < -0.4 is 0 Å². The van der Waals surface area contributed by atoms with Crippen molar-refractivity contribution in [2.24, 2.45) is 0 Å². The van der Waals surface area contributed by atoms with Crippen LogP contribution in [-0.4, -0.2) is 10.1 Å². The first-order chi connectivity index (χ1) is 7.16. The van der Waals surface area contributed by atoms with E-state index >= 15 is 0 Å². The molecule has 0 spiro atoms. The first-order valence-electron chi connectivity index (χ1n) is 4.84. The van der Waals surface area contributed by atoms with Gasteiger partial charge in [0.25, 0.3) is 0 Å². The van der Waals surface area contributed by atoms with Gasteiger partial charge in [-0.25, -0.2) is 4.98 Å².